The van der Waals surface area contributed by atoms with Gasteiger partial charge in [0.15, 0.2) is 0 Å². The maximum absolute atomic E-state index is 11.9. The molecule has 0 aliphatic heterocycles. The van der Waals surface area contributed by atoms with Gasteiger partial charge in [0.05, 0.1) is 12.9 Å². The van der Waals surface area contributed by atoms with Crippen LogP contribution in [0.25, 0.3) is 0 Å². The fourth-order valence-corrected chi connectivity index (χ4v) is 2.70. The van der Waals surface area contributed by atoms with Crippen molar-refractivity contribution in [3.63, 3.8) is 0 Å². The molecule has 0 saturated carbocycles. The molecule has 1 atom stereocenters. The molecule has 0 bridgehead atoms. The molecule has 104 valence electrons. The van der Waals surface area contributed by atoms with Gasteiger partial charge in [-0.15, -0.1) is 6.58 Å². The molecular formula is C14H19NO3S. The predicted octanol–water partition coefficient (Wildman–Crippen LogP) is 1.55. The standard InChI is InChI=1S/C14H19NO3S/c1-4-7-15-14(16)10-19(17)9-12-8-11(2)5-6-13(12)18-3/h4-6,8H,1,7,9-10H2,2-3H3,(H,15,16). The van der Waals surface area contributed by atoms with Crippen molar-refractivity contribution < 1.29 is 13.7 Å². The monoisotopic (exact) mass is 281 g/mol. The summed E-state index contributed by atoms with van der Waals surface area (Å²) in [7, 11) is 0.326. The van der Waals surface area contributed by atoms with E-state index in [0.29, 0.717) is 18.0 Å². The first-order valence-electron chi connectivity index (χ1n) is 5.93. The third-order valence-corrected chi connectivity index (χ3v) is 3.71. The molecule has 1 aromatic carbocycles. The van der Waals surface area contributed by atoms with Crippen LogP contribution < -0.4 is 10.1 Å². The van der Waals surface area contributed by atoms with Crippen LogP contribution in [0.3, 0.4) is 0 Å². The van der Waals surface area contributed by atoms with Gasteiger partial charge in [-0.2, -0.15) is 0 Å². The van der Waals surface area contributed by atoms with Gasteiger partial charge in [0.2, 0.25) is 5.91 Å². The lowest BCUT2D eigenvalue weighted by molar-refractivity contribution is -0.118. The number of benzene rings is 1. The fraction of sp³-hybridized carbons (Fsp3) is 0.357. The summed E-state index contributed by atoms with van der Waals surface area (Å²) in [5.74, 6) is 0.771. The summed E-state index contributed by atoms with van der Waals surface area (Å²) < 4.78 is 17.2. The van der Waals surface area contributed by atoms with Crippen LogP contribution in [0.5, 0.6) is 5.75 Å². The summed E-state index contributed by atoms with van der Waals surface area (Å²) in [5, 5.41) is 2.61. The number of ether oxygens (including phenoxy) is 1. The van der Waals surface area contributed by atoms with Gasteiger partial charge >= 0.3 is 0 Å². The van der Waals surface area contributed by atoms with Gasteiger partial charge in [-0.25, -0.2) is 0 Å². The Bertz CT molecular complexity index is 486. The van der Waals surface area contributed by atoms with E-state index in [1.807, 2.05) is 25.1 Å². The highest BCUT2D eigenvalue weighted by atomic mass is 32.2. The van der Waals surface area contributed by atoms with Crippen molar-refractivity contribution in [1.82, 2.24) is 5.32 Å². The van der Waals surface area contributed by atoms with E-state index in [1.54, 1.807) is 13.2 Å². The molecule has 0 aliphatic rings. The molecule has 0 heterocycles. The lowest BCUT2D eigenvalue weighted by Gasteiger charge is -2.09. The minimum Gasteiger partial charge on any atom is -0.496 e. The van der Waals surface area contributed by atoms with Crippen molar-refractivity contribution in [2.45, 2.75) is 12.7 Å². The first-order chi connectivity index (χ1) is 9.06. The van der Waals surface area contributed by atoms with E-state index >= 15 is 0 Å². The van der Waals surface area contributed by atoms with Crippen molar-refractivity contribution in [2.24, 2.45) is 0 Å². The molecule has 19 heavy (non-hydrogen) atoms. The molecule has 1 N–H and O–H groups in total. The quantitative estimate of drug-likeness (QED) is 0.772. The van der Waals surface area contributed by atoms with Crippen LogP contribution >= 0.6 is 0 Å². The van der Waals surface area contributed by atoms with Gasteiger partial charge in [-0.1, -0.05) is 23.8 Å². The zero-order valence-electron chi connectivity index (χ0n) is 11.3. The minimum absolute atomic E-state index is 0.00899. The van der Waals surface area contributed by atoms with Gasteiger partial charge in [0, 0.05) is 22.9 Å². The van der Waals surface area contributed by atoms with Crippen molar-refractivity contribution in [2.75, 3.05) is 19.4 Å². The molecule has 1 aromatic rings. The zero-order valence-corrected chi connectivity index (χ0v) is 12.1. The van der Waals surface area contributed by atoms with Crippen LogP contribution in [-0.4, -0.2) is 29.5 Å². The number of rotatable bonds is 7. The third-order valence-electron chi connectivity index (χ3n) is 2.49. The number of carbonyl (C=O) groups excluding carboxylic acids is 1. The molecule has 1 amide bonds. The summed E-state index contributed by atoms with van der Waals surface area (Å²) in [6.45, 7) is 5.86. The Labute approximate surface area is 116 Å². The molecule has 4 nitrogen and oxygen atoms in total. The van der Waals surface area contributed by atoms with Crippen LogP contribution in [0.15, 0.2) is 30.9 Å². The molecule has 5 heteroatoms. The molecule has 0 saturated heterocycles. The van der Waals surface area contributed by atoms with Crippen molar-refractivity contribution >= 4 is 16.7 Å². The smallest absolute Gasteiger partial charge is 0.232 e. The third kappa shape index (κ3) is 5.26. The number of hydrogen-bond acceptors (Lipinski definition) is 3. The first kappa shape index (κ1) is 15.4. The Balaban J connectivity index is 2.63. The molecule has 0 fully saturated rings. The van der Waals surface area contributed by atoms with E-state index in [0.717, 1.165) is 11.1 Å². The van der Waals surface area contributed by atoms with Crippen LogP contribution in [-0.2, 0) is 21.3 Å². The second-order valence-electron chi connectivity index (χ2n) is 4.14. The average Bonchev–Trinajstić information content (AvgIpc) is 2.36. The maximum Gasteiger partial charge on any atom is 0.232 e. The summed E-state index contributed by atoms with van der Waals surface area (Å²) in [6, 6.07) is 5.71. The Hall–Kier alpha value is -1.62. The number of methoxy groups -OCH3 is 1. The average molecular weight is 281 g/mol. The molecular weight excluding hydrogens is 262 g/mol. The van der Waals surface area contributed by atoms with Crippen LogP contribution in [0, 0.1) is 6.92 Å². The summed E-state index contributed by atoms with van der Waals surface area (Å²) >= 11 is 0. The first-order valence-corrected chi connectivity index (χ1v) is 7.41. The number of amides is 1. The zero-order chi connectivity index (χ0) is 14.3. The Morgan fingerprint density at radius 2 is 2.26 bits per heavy atom. The van der Waals surface area contributed by atoms with Crippen molar-refractivity contribution in [3.05, 3.63) is 42.0 Å². The van der Waals surface area contributed by atoms with E-state index in [-0.39, 0.29) is 11.7 Å². The van der Waals surface area contributed by atoms with E-state index < -0.39 is 10.8 Å². The summed E-state index contributed by atoms with van der Waals surface area (Å²) in [5.41, 5.74) is 1.93. The molecule has 0 aromatic heterocycles. The Morgan fingerprint density at radius 1 is 1.53 bits per heavy atom. The van der Waals surface area contributed by atoms with Gasteiger partial charge in [-0.3, -0.25) is 9.00 Å². The normalized spacial score (nSPS) is 11.7. The lowest BCUT2D eigenvalue weighted by atomic mass is 10.1. The van der Waals surface area contributed by atoms with Gasteiger partial charge in [0.25, 0.3) is 0 Å². The summed E-state index contributed by atoms with van der Waals surface area (Å²) in [4.78, 5) is 11.4. The van der Waals surface area contributed by atoms with Crippen molar-refractivity contribution in [3.8, 4) is 5.75 Å². The van der Waals surface area contributed by atoms with Crippen LogP contribution in [0.1, 0.15) is 11.1 Å². The molecule has 0 aliphatic carbocycles. The van der Waals surface area contributed by atoms with E-state index in [9.17, 15) is 9.00 Å². The molecule has 0 radical (unpaired) electrons. The SMILES string of the molecule is C=CCNC(=O)CS(=O)Cc1cc(C)ccc1OC. The molecule has 1 rings (SSSR count). The number of carbonyl (C=O) groups is 1. The van der Waals surface area contributed by atoms with Crippen molar-refractivity contribution in [1.29, 1.82) is 0 Å². The largest absolute Gasteiger partial charge is 0.496 e. The van der Waals surface area contributed by atoms with E-state index in [2.05, 4.69) is 11.9 Å². The van der Waals surface area contributed by atoms with Crippen LogP contribution in [0.2, 0.25) is 0 Å². The molecule has 0 spiro atoms. The Kier molecular flexibility index (Phi) is 6.29. The summed E-state index contributed by atoms with van der Waals surface area (Å²) in [6.07, 6.45) is 1.59. The van der Waals surface area contributed by atoms with Gasteiger partial charge in [-0.05, 0) is 13.0 Å². The highest BCUT2D eigenvalue weighted by Gasteiger charge is 2.11. The van der Waals surface area contributed by atoms with Gasteiger partial charge < -0.3 is 10.1 Å². The highest BCUT2D eigenvalue weighted by Crippen LogP contribution is 2.21. The highest BCUT2D eigenvalue weighted by molar-refractivity contribution is 7.84. The number of hydrogen-bond donors (Lipinski definition) is 1. The topological polar surface area (TPSA) is 55.4 Å². The second-order valence-corrected chi connectivity index (χ2v) is 5.59. The predicted molar refractivity (Wildman–Crippen MR) is 77.7 cm³/mol. The second kappa shape index (κ2) is 7.74. The molecule has 1 unspecified atom stereocenters. The van der Waals surface area contributed by atoms with E-state index in [1.165, 1.54) is 0 Å². The maximum atomic E-state index is 11.9. The lowest BCUT2D eigenvalue weighted by Crippen LogP contribution is -2.28. The van der Waals surface area contributed by atoms with Crippen LogP contribution in [0.4, 0.5) is 0 Å². The van der Waals surface area contributed by atoms with E-state index in [4.69, 9.17) is 4.74 Å². The Morgan fingerprint density at radius 3 is 2.89 bits per heavy atom. The van der Waals surface area contributed by atoms with Gasteiger partial charge in [0.1, 0.15) is 11.5 Å². The number of aryl methyl sites for hydroxylation is 1. The number of nitrogens with one attached hydrogen (secondary N) is 1. The fourth-order valence-electron chi connectivity index (χ4n) is 1.63. The minimum atomic E-state index is -1.25.